The average molecular weight is 317 g/mol. The Bertz CT molecular complexity index is 598. The van der Waals surface area contributed by atoms with Crippen LogP contribution < -0.4 is 15.5 Å². The Morgan fingerprint density at radius 1 is 1.17 bits per heavy atom. The monoisotopic (exact) mass is 317 g/mol. The van der Waals surface area contributed by atoms with E-state index < -0.39 is 11.9 Å². The van der Waals surface area contributed by atoms with Gasteiger partial charge in [-0.1, -0.05) is 0 Å². The zero-order chi connectivity index (χ0) is 16.2. The summed E-state index contributed by atoms with van der Waals surface area (Å²) < 4.78 is 0. The molecule has 23 heavy (non-hydrogen) atoms. The highest BCUT2D eigenvalue weighted by atomic mass is 16.2. The molecule has 0 spiro atoms. The van der Waals surface area contributed by atoms with E-state index in [2.05, 4.69) is 25.5 Å². The minimum atomic E-state index is -0.601. The Hall–Kier alpha value is -2.51. The molecule has 1 aromatic heterocycles. The normalized spacial score (nSPS) is 22.6. The minimum Gasteiger partial charge on any atom is -0.344 e. The molecule has 0 saturated carbocycles. The van der Waals surface area contributed by atoms with Gasteiger partial charge in [-0.25, -0.2) is 9.97 Å². The van der Waals surface area contributed by atoms with Crippen molar-refractivity contribution in [3.63, 3.8) is 0 Å². The van der Waals surface area contributed by atoms with Crippen LogP contribution in [-0.2, 0) is 14.4 Å². The van der Waals surface area contributed by atoms with Gasteiger partial charge in [0.25, 0.3) is 0 Å². The molecule has 8 heteroatoms. The van der Waals surface area contributed by atoms with Gasteiger partial charge in [-0.15, -0.1) is 0 Å². The Morgan fingerprint density at radius 3 is 2.52 bits per heavy atom. The van der Waals surface area contributed by atoms with Crippen molar-refractivity contribution in [1.29, 1.82) is 0 Å². The lowest BCUT2D eigenvalue weighted by atomic mass is 9.95. The van der Waals surface area contributed by atoms with Crippen molar-refractivity contribution in [3.8, 4) is 0 Å². The van der Waals surface area contributed by atoms with Crippen LogP contribution >= 0.6 is 0 Å². The van der Waals surface area contributed by atoms with Crippen LogP contribution in [-0.4, -0.2) is 46.8 Å². The molecule has 2 aliphatic heterocycles. The first-order chi connectivity index (χ1) is 11.1. The van der Waals surface area contributed by atoms with Crippen molar-refractivity contribution in [2.24, 2.45) is 5.92 Å². The molecule has 122 valence electrons. The Balaban J connectivity index is 1.50. The van der Waals surface area contributed by atoms with Crippen molar-refractivity contribution in [2.45, 2.75) is 31.7 Å². The van der Waals surface area contributed by atoms with Gasteiger partial charge in [0.05, 0.1) is 0 Å². The van der Waals surface area contributed by atoms with Gasteiger partial charge in [0, 0.05) is 37.8 Å². The summed E-state index contributed by atoms with van der Waals surface area (Å²) >= 11 is 0. The topological polar surface area (TPSA) is 104 Å². The number of nitrogens with zero attached hydrogens (tertiary/aromatic N) is 3. The lowest BCUT2D eigenvalue weighted by molar-refractivity contribution is -0.138. The van der Waals surface area contributed by atoms with Crippen molar-refractivity contribution in [3.05, 3.63) is 18.5 Å². The summed E-state index contributed by atoms with van der Waals surface area (Å²) in [6.07, 6.45) is 5.41. The number of rotatable bonds is 3. The molecule has 2 fully saturated rings. The Kier molecular flexibility index (Phi) is 4.50. The maximum atomic E-state index is 12.3. The molecule has 1 aromatic rings. The van der Waals surface area contributed by atoms with Crippen LogP contribution in [0, 0.1) is 5.92 Å². The number of carbonyl (C=O) groups is 3. The van der Waals surface area contributed by atoms with Crippen LogP contribution in [0.2, 0.25) is 0 Å². The fourth-order valence-corrected chi connectivity index (χ4v) is 2.92. The summed E-state index contributed by atoms with van der Waals surface area (Å²) in [5.41, 5.74) is 0. The zero-order valence-corrected chi connectivity index (χ0v) is 12.7. The summed E-state index contributed by atoms with van der Waals surface area (Å²) in [5.74, 6) is -0.258. The number of hydrogen-bond donors (Lipinski definition) is 2. The quantitative estimate of drug-likeness (QED) is 0.736. The molecule has 0 bridgehead atoms. The molecule has 2 aliphatic rings. The SMILES string of the molecule is O=C1CCC(NC(=O)C2CCN(c3ncccn3)CC2)C(=O)N1. The Morgan fingerprint density at radius 2 is 1.87 bits per heavy atom. The van der Waals surface area contributed by atoms with Crippen LogP contribution in [0.5, 0.6) is 0 Å². The highest BCUT2D eigenvalue weighted by Crippen LogP contribution is 2.21. The molecule has 0 radical (unpaired) electrons. The van der Waals surface area contributed by atoms with Gasteiger partial charge in [0.2, 0.25) is 23.7 Å². The van der Waals surface area contributed by atoms with Gasteiger partial charge in [0.15, 0.2) is 0 Å². The number of anilines is 1. The van der Waals surface area contributed by atoms with Gasteiger partial charge in [-0.3, -0.25) is 19.7 Å². The highest BCUT2D eigenvalue weighted by Gasteiger charge is 2.31. The summed E-state index contributed by atoms with van der Waals surface area (Å²) in [7, 11) is 0. The molecule has 1 unspecified atom stereocenters. The van der Waals surface area contributed by atoms with E-state index in [1.54, 1.807) is 18.5 Å². The van der Waals surface area contributed by atoms with Crippen LogP contribution in [0.25, 0.3) is 0 Å². The first kappa shape index (κ1) is 15.4. The van der Waals surface area contributed by atoms with Crippen molar-refractivity contribution >= 4 is 23.7 Å². The number of nitrogens with one attached hydrogen (secondary N) is 2. The molecule has 0 aromatic carbocycles. The number of imide groups is 1. The van der Waals surface area contributed by atoms with Gasteiger partial charge in [-0.2, -0.15) is 0 Å². The number of piperidine rings is 2. The molecule has 3 rings (SSSR count). The van der Waals surface area contributed by atoms with E-state index in [1.165, 1.54) is 0 Å². The first-order valence-electron chi connectivity index (χ1n) is 7.79. The minimum absolute atomic E-state index is 0.117. The van der Waals surface area contributed by atoms with Crippen LogP contribution in [0.4, 0.5) is 5.95 Å². The number of hydrogen-bond acceptors (Lipinski definition) is 6. The number of amides is 3. The molecular formula is C15H19N5O3. The molecule has 1 atom stereocenters. The number of carbonyl (C=O) groups excluding carboxylic acids is 3. The lowest BCUT2D eigenvalue weighted by Gasteiger charge is -2.32. The van der Waals surface area contributed by atoms with Gasteiger partial charge in [0.1, 0.15) is 6.04 Å². The third kappa shape index (κ3) is 3.64. The van der Waals surface area contributed by atoms with E-state index in [0.29, 0.717) is 38.3 Å². The van der Waals surface area contributed by atoms with Gasteiger partial charge >= 0.3 is 0 Å². The predicted octanol–water partition coefficient (Wildman–Crippen LogP) is -0.386. The summed E-state index contributed by atoms with van der Waals surface area (Å²) in [5, 5.41) is 5.01. The maximum Gasteiger partial charge on any atom is 0.249 e. The summed E-state index contributed by atoms with van der Waals surface area (Å²) in [4.78, 5) is 45.6. The zero-order valence-electron chi connectivity index (χ0n) is 12.7. The van der Waals surface area contributed by atoms with Gasteiger partial charge in [-0.05, 0) is 25.3 Å². The Labute approximate surface area is 133 Å². The van der Waals surface area contributed by atoms with E-state index in [4.69, 9.17) is 0 Å². The highest BCUT2D eigenvalue weighted by molar-refractivity contribution is 6.01. The molecule has 2 saturated heterocycles. The van der Waals surface area contributed by atoms with Crippen LogP contribution in [0.3, 0.4) is 0 Å². The van der Waals surface area contributed by atoms with E-state index in [-0.39, 0.29) is 24.2 Å². The number of aromatic nitrogens is 2. The fourth-order valence-electron chi connectivity index (χ4n) is 2.92. The van der Waals surface area contributed by atoms with E-state index in [9.17, 15) is 14.4 Å². The predicted molar refractivity (Wildman–Crippen MR) is 81.3 cm³/mol. The second kappa shape index (κ2) is 6.72. The lowest BCUT2D eigenvalue weighted by Crippen LogP contribution is -2.54. The molecule has 3 amide bonds. The molecule has 2 N–H and O–H groups in total. The summed E-state index contributed by atoms with van der Waals surface area (Å²) in [6.45, 7) is 1.41. The first-order valence-corrected chi connectivity index (χ1v) is 7.79. The third-order valence-electron chi connectivity index (χ3n) is 4.26. The van der Waals surface area contributed by atoms with Crippen molar-refractivity contribution in [1.82, 2.24) is 20.6 Å². The van der Waals surface area contributed by atoms with Crippen LogP contribution in [0.15, 0.2) is 18.5 Å². The van der Waals surface area contributed by atoms with Crippen LogP contribution in [0.1, 0.15) is 25.7 Å². The van der Waals surface area contributed by atoms with Gasteiger partial charge < -0.3 is 10.2 Å². The maximum absolute atomic E-state index is 12.3. The second-order valence-corrected chi connectivity index (χ2v) is 5.82. The third-order valence-corrected chi connectivity index (χ3v) is 4.26. The molecular weight excluding hydrogens is 298 g/mol. The summed E-state index contributed by atoms with van der Waals surface area (Å²) in [6, 6.07) is 1.17. The van der Waals surface area contributed by atoms with E-state index in [1.807, 2.05) is 0 Å². The van der Waals surface area contributed by atoms with E-state index >= 15 is 0 Å². The smallest absolute Gasteiger partial charge is 0.249 e. The molecule has 8 nitrogen and oxygen atoms in total. The molecule has 0 aliphatic carbocycles. The largest absolute Gasteiger partial charge is 0.344 e. The fraction of sp³-hybridized carbons (Fsp3) is 0.533. The average Bonchev–Trinajstić information content (AvgIpc) is 2.58. The molecule has 3 heterocycles. The van der Waals surface area contributed by atoms with Crippen molar-refractivity contribution < 1.29 is 14.4 Å². The second-order valence-electron chi connectivity index (χ2n) is 5.82. The standard InChI is InChI=1S/C15H19N5O3/c21-12-3-2-11(14(23)19-12)18-13(22)10-4-8-20(9-5-10)15-16-6-1-7-17-15/h1,6-7,10-11H,2-5,8-9H2,(H,18,22)(H,19,21,23). The van der Waals surface area contributed by atoms with E-state index in [0.717, 1.165) is 0 Å². The van der Waals surface area contributed by atoms with Crippen molar-refractivity contribution in [2.75, 3.05) is 18.0 Å².